The van der Waals surface area contributed by atoms with E-state index in [0.29, 0.717) is 10.7 Å². The summed E-state index contributed by atoms with van der Waals surface area (Å²) in [6.07, 6.45) is 0. The topological polar surface area (TPSA) is 61.4 Å². The highest BCUT2D eigenvalue weighted by molar-refractivity contribution is 6.30. The van der Waals surface area contributed by atoms with E-state index in [1.165, 1.54) is 6.92 Å². The highest BCUT2D eigenvalue weighted by Gasteiger charge is 2.19. The van der Waals surface area contributed by atoms with Crippen molar-refractivity contribution in [3.8, 4) is 0 Å². The zero-order valence-electron chi connectivity index (χ0n) is 15.4. The SMILES string of the molecule is CC(=O)Nc1cccc(C(C)NC(=O)N(C)C(C)c2ccc(Cl)cc2)c1. The van der Waals surface area contributed by atoms with Gasteiger partial charge in [0.2, 0.25) is 5.91 Å². The van der Waals surface area contributed by atoms with Crippen molar-refractivity contribution in [1.82, 2.24) is 10.2 Å². The first-order chi connectivity index (χ1) is 12.3. The molecule has 26 heavy (non-hydrogen) atoms. The number of anilines is 1. The molecule has 0 bridgehead atoms. The average Bonchev–Trinajstić information content (AvgIpc) is 2.60. The molecule has 6 heteroatoms. The lowest BCUT2D eigenvalue weighted by Gasteiger charge is -2.27. The number of halogens is 1. The summed E-state index contributed by atoms with van der Waals surface area (Å²) in [6, 6.07) is 14.4. The molecule has 0 aliphatic rings. The van der Waals surface area contributed by atoms with Gasteiger partial charge in [-0.15, -0.1) is 0 Å². The maximum Gasteiger partial charge on any atom is 0.318 e. The van der Waals surface area contributed by atoms with Crippen molar-refractivity contribution < 1.29 is 9.59 Å². The van der Waals surface area contributed by atoms with E-state index in [1.54, 1.807) is 11.9 Å². The van der Waals surface area contributed by atoms with Crippen LogP contribution >= 0.6 is 11.6 Å². The first-order valence-electron chi connectivity index (χ1n) is 8.44. The van der Waals surface area contributed by atoms with Gasteiger partial charge in [0, 0.05) is 24.7 Å². The Balaban J connectivity index is 2.03. The Kier molecular flexibility index (Phi) is 6.64. The van der Waals surface area contributed by atoms with E-state index in [-0.39, 0.29) is 24.0 Å². The minimum absolute atomic E-state index is 0.0924. The first-order valence-corrected chi connectivity index (χ1v) is 8.82. The van der Waals surface area contributed by atoms with Crippen LogP contribution in [0.5, 0.6) is 0 Å². The highest BCUT2D eigenvalue weighted by atomic mass is 35.5. The van der Waals surface area contributed by atoms with Crippen LogP contribution in [-0.4, -0.2) is 23.9 Å². The number of benzene rings is 2. The second-order valence-electron chi connectivity index (χ2n) is 6.32. The Bertz CT molecular complexity index is 777. The van der Waals surface area contributed by atoms with E-state index < -0.39 is 0 Å². The fourth-order valence-electron chi connectivity index (χ4n) is 2.60. The van der Waals surface area contributed by atoms with Crippen molar-refractivity contribution in [2.75, 3.05) is 12.4 Å². The van der Waals surface area contributed by atoms with E-state index in [1.807, 2.05) is 62.4 Å². The van der Waals surface area contributed by atoms with Crippen LogP contribution in [0.2, 0.25) is 5.02 Å². The molecule has 2 atom stereocenters. The Morgan fingerprint density at radius 1 is 1.04 bits per heavy atom. The molecule has 0 radical (unpaired) electrons. The third-order valence-electron chi connectivity index (χ3n) is 4.30. The van der Waals surface area contributed by atoms with Crippen LogP contribution in [-0.2, 0) is 4.79 Å². The van der Waals surface area contributed by atoms with E-state index in [2.05, 4.69) is 10.6 Å². The summed E-state index contributed by atoms with van der Waals surface area (Å²) in [4.78, 5) is 25.4. The Labute approximate surface area is 159 Å². The molecular weight excluding hydrogens is 350 g/mol. The molecule has 0 aliphatic carbocycles. The van der Waals surface area contributed by atoms with Gasteiger partial charge in [-0.05, 0) is 49.2 Å². The van der Waals surface area contributed by atoms with Crippen molar-refractivity contribution in [2.24, 2.45) is 0 Å². The van der Waals surface area contributed by atoms with Crippen molar-refractivity contribution in [3.05, 3.63) is 64.7 Å². The van der Waals surface area contributed by atoms with Crippen LogP contribution in [0.15, 0.2) is 48.5 Å². The molecule has 2 aromatic rings. The van der Waals surface area contributed by atoms with Gasteiger partial charge in [-0.1, -0.05) is 35.9 Å². The van der Waals surface area contributed by atoms with Gasteiger partial charge in [-0.25, -0.2) is 4.79 Å². The molecule has 2 N–H and O–H groups in total. The van der Waals surface area contributed by atoms with Gasteiger partial charge < -0.3 is 15.5 Å². The Hall–Kier alpha value is -2.53. The smallest absolute Gasteiger partial charge is 0.318 e. The molecule has 5 nitrogen and oxygen atoms in total. The number of hydrogen-bond acceptors (Lipinski definition) is 2. The van der Waals surface area contributed by atoms with Crippen molar-refractivity contribution in [3.63, 3.8) is 0 Å². The summed E-state index contributed by atoms with van der Waals surface area (Å²) < 4.78 is 0. The first kappa shape index (κ1) is 19.8. The van der Waals surface area contributed by atoms with E-state index >= 15 is 0 Å². The summed E-state index contributed by atoms with van der Waals surface area (Å²) in [5, 5.41) is 6.40. The van der Waals surface area contributed by atoms with Crippen LogP contribution in [0, 0.1) is 0 Å². The molecule has 3 amide bonds. The Morgan fingerprint density at radius 2 is 1.69 bits per heavy atom. The van der Waals surface area contributed by atoms with Crippen LogP contribution in [0.3, 0.4) is 0 Å². The zero-order chi connectivity index (χ0) is 19.3. The quantitative estimate of drug-likeness (QED) is 0.793. The standard InChI is InChI=1S/C20H24ClN3O2/c1-13(17-6-5-7-19(12-17)23-15(3)25)22-20(26)24(4)14(2)16-8-10-18(21)11-9-16/h5-14H,1-4H3,(H,22,26)(H,23,25). The zero-order valence-corrected chi connectivity index (χ0v) is 16.2. The molecule has 0 aliphatic heterocycles. The van der Waals surface area contributed by atoms with Crippen molar-refractivity contribution in [1.29, 1.82) is 0 Å². The van der Waals surface area contributed by atoms with Gasteiger partial charge in [0.25, 0.3) is 0 Å². The second-order valence-corrected chi connectivity index (χ2v) is 6.75. The molecule has 0 heterocycles. The van der Waals surface area contributed by atoms with Gasteiger partial charge in [-0.3, -0.25) is 4.79 Å². The number of nitrogens with zero attached hydrogens (tertiary/aromatic N) is 1. The maximum absolute atomic E-state index is 12.6. The molecule has 0 fully saturated rings. The summed E-state index contributed by atoms with van der Waals surface area (Å²) in [5.74, 6) is -0.129. The number of carbonyl (C=O) groups excluding carboxylic acids is 2. The normalized spacial score (nSPS) is 12.8. The molecule has 0 aromatic heterocycles. The van der Waals surface area contributed by atoms with Crippen molar-refractivity contribution in [2.45, 2.75) is 32.9 Å². The largest absolute Gasteiger partial charge is 0.331 e. The number of amides is 3. The Morgan fingerprint density at radius 3 is 2.31 bits per heavy atom. The summed E-state index contributed by atoms with van der Waals surface area (Å²) in [5.41, 5.74) is 2.63. The van der Waals surface area contributed by atoms with E-state index in [0.717, 1.165) is 11.1 Å². The molecule has 138 valence electrons. The van der Waals surface area contributed by atoms with Crippen molar-refractivity contribution >= 4 is 29.2 Å². The number of rotatable bonds is 5. The summed E-state index contributed by atoms with van der Waals surface area (Å²) in [6.45, 7) is 5.33. The van der Waals surface area contributed by atoms with E-state index in [4.69, 9.17) is 11.6 Å². The lowest BCUT2D eigenvalue weighted by atomic mass is 10.1. The third kappa shape index (κ3) is 5.23. The molecule has 2 unspecified atom stereocenters. The lowest BCUT2D eigenvalue weighted by molar-refractivity contribution is -0.114. The minimum Gasteiger partial charge on any atom is -0.331 e. The van der Waals surface area contributed by atoms with Crippen LogP contribution < -0.4 is 10.6 Å². The number of carbonyl (C=O) groups is 2. The van der Waals surface area contributed by atoms with Gasteiger partial charge in [0.1, 0.15) is 0 Å². The van der Waals surface area contributed by atoms with Crippen LogP contribution in [0.1, 0.15) is 44.0 Å². The highest BCUT2D eigenvalue weighted by Crippen LogP contribution is 2.22. The predicted octanol–water partition coefficient (Wildman–Crippen LogP) is 4.76. The maximum atomic E-state index is 12.6. The predicted molar refractivity (Wildman–Crippen MR) is 105 cm³/mol. The van der Waals surface area contributed by atoms with E-state index in [9.17, 15) is 9.59 Å². The number of nitrogens with one attached hydrogen (secondary N) is 2. The van der Waals surface area contributed by atoms with Gasteiger partial charge in [0.15, 0.2) is 0 Å². The molecule has 2 rings (SSSR count). The van der Waals surface area contributed by atoms with Crippen LogP contribution in [0.25, 0.3) is 0 Å². The summed E-state index contributed by atoms with van der Waals surface area (Å²) >= 11 is 5.92. The van der Waals surface area contributed by atoms with Gasteiger partial charge in [-0.2, -0.15) is 0 Å². The molecule has 2 aromatic carbocycles. The second kappa shape index (κ2) is 8.72. The monoisotopic (exact) mass is 373 g/mol. The number of hydrogen-bond donors (Lipinski definition) is 2. The number of urea groups is 1. The van der Waals surface area contributed by atoms with Crippen LogP contribution in [0.4, 0.5) is 10.5 Å². The van der Waals surface area contributed by atoms with Gasteiger partial charge in [0.05, 0.1) is 12.1 Å². The fourth-order valence-corrected chi connectivity index (χ4v) is 2.73. The summed E-state index contributed by atoms with van der Waals surface area (Å²) in [7, 11) is 1.76. The molecule has 0 saturated carbocycles. The minimum atomic E-state index is -0.198. The lowest BCUT2D eigenvalue weighted by Crippen LogP contribution is -2.39. The molecule has 0 spiro atoms. The average molecular weight is 374 g/mol. The van der Waals surface area contributed by atoms with Gasteiger partial charge >= 0.3 is 6.03 Å². The molecule has 0 saturated heterocycles. The fraction of sp³-hybridized carbons (Fsp3) is 0.300. The molecular formula is C20H24ClN3O2. The third-order valence-corrected chi connectivity index (χ3v) is 4.55.